The molecule has 0 aliphatic heterocycles. The second-order valence-corrected chi connectivity index (χ2v) is 8.31. The average Bonchev–Trinajstić information content (AvgIpc) is 2.72. The molecule has 0 saturated heterocycles. The summed E-state index contributed by atoms with van der Waals surface area (Å²) < 4.78 is 5.30. The Kier molecular flexibility index (Phi) is 20.1. The minimum atomic E-state index is -0.978. The zero-order valence-corrected chi connectivity index (χ0v) is 19.5. The maximum atomic E-state index is 12.0. The lowest BCUT2D eigenvalue weighted by Crippen LogP contribution is -2.20. The van der Waals surface area contributed by atoms with E-state index in [1.807, 2.05) is 0 Å². The van der Waals surface area contributed by atoms with Gasteiger partial charge in [-0.25, -0.2) is 0 Å². The van der Waals surface area contributed by atoms with Crippen LogP contribution >= 0.6 is 0 Å². The molecule has 6 heteroatoms. The van der Waals surface area contributed by atoms with Crippen molar-refractivity contribution in [3.63, 3.8) is 0 Å². The third kappa shape index (κ3) is 22.7. The van der Waals surface area contributed by atoms with E-state index in [2.05, 4.69) is 19.1 Å². The SMILES string of the molecule is CCCCCCCCC=CCCCCCCCC(=O)OC(CCC(=O)O)CCC(=O)O. The van der Waals surface area contributed by atoms with E-state index < -0.39 is 18.0 Å². The highest BCUT2D eigenvalue weighted by atomic mass is 16.5. The predicted octanol–water partition coefficient (Wildman–Crippen LogP) is 6.67. The fourth-order valence-electron chi connectivity index (χ4n) is 3.42. The normalized spacial score (nSPS) is 11.3. The summed E-state index contributed by atoms with van der Waals surface area (Å²) >= 11 is 0. The Bertz CT molecular complexity index is 482. The van der Waals surface area contributed by atoms with Gasteiger partial charge in [0.2, 0.25) is 0 Å². The van der Waals surface area contributed by atoms with E-state index in [-0.39, 0.29) is 31.7 Å². The third-order valence-electron chi connectivity index (χ3n) is 5.30. The van der Waals surface area contributed by atoms with E-state index in [4.69, 9.17) is 14.9 Å². The topological polar surface area (TPSA) is 101 Å². The molecule has 6 nitrogen and oxygen atoms in total. The first-order valence-corrected chi connectivity index (χ1v) is 12.2. The van der Waals surface area contributed by atoms with E-state index in [9.17, 15) is 14.4 Å². The summed E-state index contributed by atoms with van der Waals surface area (Å²) in [5.41, 5.74) is 0. The monoisotopic (exact) mass is 440 g/mol. The molecule has 0 fully saturated rings. The van der Waals surface area contributed by atoms with E-state index in [0.717, 1.165) is 32.1 Å². The van der Waals surface area contributed by atoms with Crippen LogP contribution in [-0.2, 0) is 19.1 Å². The summed E-state index contributed by atoms with van der Waals surface area (Å²) in [5.74, 6) is -2.32. The molecule has 0 amide bonds. The molecule has 0 heterocycles. The van der Waals surface area contributed by atoms with Crippen molar-refractivity contribution >= 4 is 17.9 Å². The number of carbonyl (C=O) groups excluding carboxylic acids is 1. The minimum Gasteiger partial charge on any atom is -0.481 e. The molecule has 0 aliphatic rings. The van der Waals surface area contributed by atoms with E-state index >= 15 is 0 Å². The summed E-state index contributed by atoms with van der Waals surface area (Å²) in [4.78, 5) is 33.3. The van der Waals surface area contributed by atoms with Crippen LogP contribution in [0.25, 0.3) is 0 Å². The van der Waals surface area contributed by atoms with Gasteiger partial charge >= 0.3 is 17.9 Å². The summed E-state index contributed by atoms with van der Waals surface area (Å²) in [6, 6.07) is 0. The van der Waals surface area contributed by atoms with Crippen molar-refractivity contribution in [1.29, 1.82) is 0 Å². The number of hydrogen-bond acceptors (Lipinski definition) is 4. The summed E-state index contributed by atoms with van der Waals surface area (Å²) in [6.07, 6.45) is 19.7. The van der Waals surface area contributed by atoms with Gasteiger partial charge in [-0.2, -0.15) is 0 Å². The Morgan fingerprint density at radius 3 is 1.61 bits per heavy atom. The fourth-order valence-corrected chi connectivity index (χ4v) is 3.42. The molecule has 2 N–H and O–H groups in total. The lowest BCUT2D eigenvalue weighted by Gasteiger charge is -2.16. The molecule has 0 aromatic rings. The Morgan fingerprint density at radius 1 is 0.677 bits per heavy atom. The first-order chi connectivity index (χ1) is 15.0. The van der Waals surface area contributed by atoms with Crippen molar-refractivity contribution in [2.24, 2.45) is 0 Å². The highest BCUT2D eigenvalue weighted by Crippen LogP contribution is 2.14. The van der Waals surface area contributed by atoms with Crippen molar-refractivity contribution in [3.05, 3.63) is 12.2 Å². The first kappa shape index (κ1) is 29.1. The number of carboxylic acid groups (broad SMARTS) is 2. The molecule has 0 radical (unpaired) electrons. The van der Waals surface area contributed by atoms with Gasteiger partial charge < -0.3 is 14.9 Å². The van der Waals surface area contributed by atoms with Gasteiger partial charge in [0.25, 0.3) is 0 Å². The molecule has 0 aromatic carbocycles. The van der Waals surface area contributed by atoms with Crippen LogP contribution in [0.4, 0.5) is 0 Å². The van der Waals surface area contributed by atoms with Gasteiger partial charge in [-0.1, -0.05) is 70.4 Å². The van der Waals surface area contributed by atoms with Gasteiger partial charge in [0, 0.05) is 19.3 Å². The van der Waals surface area contributed by atoms with Crippen LogP contribution in [0.15, 0.2) is 12.2 Å². The number of rotatable bonds is 22. The quantitative estimate of drug-likeness (QED) is 0.111. The number of esters is 1. The minimum absolute atomic E-state index is 0.134. The number of allylic oxidation sites excluding steroid dienone is 2. The van der Waals surface area contributed by atoms with Crippen LogP contribution in [-0.4, -0.2) is 34.2 Å². The number of aliphatic carboxylic acids is 2. The van der Waals surface area contributed by atoms with Crippen molar-refractivity contribution < 1.29 is 29.3 Å². The van der Waals surface area contributed by atoms with E-state index in [1.54, 1.807) is 0 Å². The Morgan fingerprint density at radius 2 is 1.13 bits per heavy atom. The predicted molar refractivity (Wildman–Crippen MR) is 123 cm³/mol. The number of carbonyl (C=O) groups is 3. The summed E-state index contributed by atoms with van der Waals surface area (Å²) in [5, 5.41) is 17.5. The molecule has 31 heavy (non-hydrogen) atoms. The molecule has 0 aliphatic carbocycles. The second-order valence-electron chi connectivity index (χ2n) is 8.31. The molecule has 0 bridgehead atoms. The maximum Gasteiger partial charge on any atom is 0.306 e. The van der Waals surface area contributed by atoms with Crippen LogP contribution in [0.3, 0.4) is 0 Å². The first-order valence-electron chi connectivity index (χ1n) is 12.2. The lowest BCUT2D eigenvalue weighted by molar-refractivity contribution is -0.153. The Balaban J connectivity index is 3.66. The van der Waals surface area contributed by atoms with Gasteiger partial charge in [-0.05, 0) is 44.9 Å². The second kappa shape index (κ2) is 21.4. The lowest BCUT2D eigenvalue weighted by atomic mass is 10.1. The highest BCUT2D eigenvalue weighted by molar-refractivity contribution is 5.70. The number of carboxylic acids is 2. The fraction of sp³-hybridized carbons (Fsp3) is 0.800. The van der Waals surface area contributed by atoms with Crippen molar-refractivity contribution in [2.75, 3.05) is 0 Å². The Hall–Kier alpha value is -1.85. The van der Waals surface area contributed by atoms with E-state index in [0.29, 0.717) is 6.42 Å². The molecule has 180 valence electrons. The molecule has 0 rings (SSSR count). The van der Waals surface area contributed by atoms with Gasteiger partial charge in [0.1, 0.15) is 6.10 Å². The molecular weight excluding hydrogens is 396 g/mol. The molecule has 0 saturated carbocycles. The molecule has 0 atom stereocenters. The van der Waals surface area contributed by atoms with Crippen LogP contribution < -0.4 is 0 Å². The molecule has 0 aromatic heterocycles. The van der Waals surface area contributed by atoms with Gasteiger partial charge in [0.15, 0.2) is 0 Å². The molecular formula is C25H44O6. The van der Waals surface area contributed by atoms with Crippen molar-refractivity contribution in [1.82, 2.24) is 0 Å². The number of hydrogen-bond donors (Lipinski definition) is 2. The molecule has 0 unspecified atom stereocenters. The van der Waals surface area contributed by atoms with Gasteiger partial charge in [-0.3, -0.25) is 14.4 Å². The smallest absolute Gasteiger partial charge is 0.306 e. The van der Waals surface area contributed by atoms with Crippen molar-refractivity contribution in [3.8, 4) is 0 Å². The zero-order valence-electron chi connectivity index (χ0n) is 19.5. The van der Waals surface area contributed by atoms with Gasteiger partial charge in [0.05, 0.1) is 0 Å². The van der Waals surface area contributed by atoms with Gasteiger partial charge in [-0.15, -0.1) is 0 Å². The summed E-state index contributed by atoms with van der Waals surface area (Å²) in [6.45, 7) is 2.24. The average molecular weight is 441 g/mol. The van der Waals surface area contributed by atoms with Crippen LogP contribution in [0.1, 0.15) is 122 Å². The zero-order chi connectivity index (χ0) is 23.2. The maximum absolute atomic E-state index is 12.0. The van der Waals surface area contributed by atoms with Crippen LogP contribution in [0.2, 0.25) is 0 Å². The van der Waals surface area contributed by atoms with Crippen molar-refractivity contribution in [2.45, 2.75) is 129 Å². The van der Waals surface area contributed by atoms with Crippen LogP contribution in [0, 0.1) is 0 Å². The third-order valence-corrected chi connectivity index (χ3v) is 5.30. The van der Waals surface area contributed by atoms with E-state index in [1.165, 1.54) is 51.4 Å². The summed E-state index contributed by atoms with van der Waals surface area (Å²) in [7, 11) is 0. The largest absolute Gasteiger partial charge is 0.481 e. The highest BCUT2D eigenvalue weighted by Gasteiger charge is 2.17. The Labute approximate surface area is 188 Å². The van der Waals surface area contributed by atoms with Crippen LogP contribution in [0.5, 0.6) is 0 Å². The number of ether oxygens (including phenoxy) is 1. The standard InChI is InChI=1S/C25H44O6/c1-2-3-4-5-6-7-8-9-10-11-12-13-14-15-16-17-25(30)31-22(18-20-23(26)27)19-21-24(28)29/h9-10,22H,2-8,11-21H2,1H3,(H,26,27)(H,28,29). The molecule has 0 spiro atoms. The number of unbranched alkanes of at least 4 members (excludes halogenated alkanes) is 11.